The van der Waals surface area contributed by atoms with E-state index < -0.39 is 0 Å². The molecule has 0 aliphatic carbocycles. The van der Waals surface area contributed by atoms with Gasteiger partial charge in [0.25, 0.3) is 0 Å². The zero-order valence-corrected chi connectivity index (χ0v) is 12.0. The molecule has 0 radical (unpaired) electrons. The minimum atomic E-state index is 0.0333. The summed E-state index contributed by atoms with van der Waals surface area (Å²) in [6.07, 6.45) is 3.20. The van der Waals surface area contributed by atoms with Crippen molar-refractivity contribution in [2.24, 2.45) is 5.73 Å². The standard InChI is InChI=1S/C14H20N4O2/c1-4-11(15)9(2)14-17-12(18-20-14)7-10-5-6-13(19-3)16-8-10/h5-6,8-9,11H,4,7,15H2,1-3H3. The molecule has 2 aromatic rings. The van der Waals surface area contributed by atoms with E-state index in [0.29, 0.717) is 24.0 Å². The number of ether oxygens (including phenoxy) is 1. The number of rotatable bonds is 6. The summed E-state index contributed by atoms with van der Waals surface area (Å²) in [5.74, 6) is 1.89. The molecule has 0 amide bonds. The van der Waals surface area contributed by atoms with Gasteiger partial charge in [-0.3, -0.25) is 0 Å². The van der Waals surface area contributed by atoms with Gasteiger partial charge in [-0.25, -0.2) is 4.98 Å². The summed E-state index contributed by atoms with van der Waals surface area (Å²) >= 11 is 0. The molecule has 0 saturated carbocycles. The van der Waals surface area contributed by atoms with Crippen molar-refractivity contribution in [3.63, 3.8) is 0 Å². The van der Waals surface area contributed by atoms with Crippen molar-refractivity contribution in [2.45, 2.75) is 38.6 Å². The minimum Gasteiger partial charge on any atom is -0.481 e. The second-order valence-corrected chi connectivity index (χ2v) is 4.80. The topological polar surface area (TPSA) is 87.1 Å². The highest BCUT2D eigenvalue weighted by Crippen LogP contribution is 2.18. The van der Waals surface area contributed by atoms with E-state index in [9.17, 15) is 0 Å². The highest BCUT2D eigenvalue weighted by molar-refractivity contribution is 5.20. The van der Waals surface area contributed by atoms with Gasteiger partial charge in [-0.15, -0.1) is 0 Å². The van der Waals surface area contributed by atoms with Gasteiger partial charge in [-0.2, -0.15) is 4.98 Å². The average molecular weight is 276 g/mol. The minimum absolute atomic E-state index is 0.0333. The van der Waals surface area contributed by atoms with Gasteiger partial charge >= 0.3 is 0 Å². The van der Waals surface area contributed by atoms with Gasteiger partial charge in [0.05, 0.1) is 13.0 Å². The summed E-state index contributed by atoms with van der Waals surface area (Å²) < 4.78 is 10.3. The van der Waals surface area contributed by atoms with Crippen molar-refractivity contribution in [3.05, 3.63) is 35.6 Å². The predicted octanol–water partition coefficient (Wildman–Crippen LogP) is 1.90. The van der Waals surface area contributed by atoms with E-state index in [2.05, 4.69) is 15.1 Å². The zero-order valence-electron chi connectivity index (χ0n) is 12.0. The Kier molecular flexibility index (Phi) is 4.68. The molecule has 0 bridgehead atoms. The first-order chi connectivity index (χ1) is 9.63. The molecule has 2 N–H and O–H groups in total. The Labute approximate surface area is 118 Å². The summed E-state index contributed by atoms with van der Waals surface area (Å²) in [5.41, 5.74) is 7.00. The van der Waals surface area contributed by atoms with Crippen molar-refractivity contribution in [1.82, 2.24) is 15.1 Å². The Morgan fingerprint density at radius 1 is 1.40 bits per heavy atom. The van der Waals surface area contributed by atoms with Crippen LogP contribution in [0.3, 0.4) is 0 Å². The fourth-order valence-electron chi connectivity index (χ4n) is 1.88. The number of nitrogens with zero attached hydrogens (tertiary/aromatic N) is 3. The third-order valence-corrected chi connectivity index (χ3v) is 3.36. The molecule has 0 aromatic carbocycles. The van der Waals surface area contributed by atoms with Gasteiger partial charge in [-0.1, -0.05) is 25.1 Å². The molecule has 2 aromatic heterocycles. The molecule has 2 rings (SSSR count). The number of methoxy groups -OCH3 is 1. The van der Waals surface area contributed by atoms with Crippen molar-refractivity contribution in [1.29, 1.82) is 0 Å². The summed E-state index contributed by atoms with van der Waals surface area (Å²) in [5, 5.41) is 3.99. The lowest BCUT2D eigenvalue weighted by atomic mass is 10.0. The summed E-state index contributed by atoms with van der Waals surface area (Å²) in [7, 11) is 1.59. The maximum atomic E-state index is 5.99. The molecule has 6 nitrogen and oxygen atoms in total. The number of aromatic nitrogens is 3. The van der Waals surface area contributed by atoms with E-state index in [-0.39, 0.29) is 12.0 Å². The zero-order chi connectivity index (χ0) is 14.5. The summed E-state index contributed by atoms with van der Waals surface area (Å²) in [4.78, 5) is 8.55. The lowest BCUT2D eigenvalue weighted by Crippen LogP contribution is -2.25. The van der Waals surface area contributed by atoms with Gasteiger partial charge in [0.1, 0.15) is 0 Å². The highest BCUT2D eigenvalue weighted by Gasteiger charge is 2.19. The molecule has 2 atom stereocenters. The normalized spacial score (nSPS) is 14.0. The lowest BCUT2D eigenvalue weighted by Gasteiger charge is -2.13. The molecule has 20 heavy (non-hydrogen) atoms. The van der Waals surface area contributed by atoms with Gasteiger partial charge < -0.3 is 15.0 Å². The molecule has 0 spiro atoms. The second kappa shape index (κ2) is 6.47. The molecule has 6 heteroatoms. The van der Waals surface area contributed by atoms with Gasteiger partial charge in [-0.05, 0) is 12.0 Å². The summed E-state index contributed by atoms with van der Waals surface area (Å²) in [6.45, 7) is 4.04. The Morgan fingerprint density at radius 3 is 2.80 bits per heavy atom. The molecule has 0 saturated heterocycles. The molecule has 0 aliphatic heterocycles. The van der Waals surface area contributed by atoms with E-state index >= 15 is 0 Å². The van der Waals surface area contributed by atoms with Crippen LogP contribution in [-0.2, 0) is 6.42 Å². The van der Waals surface area contributed by atoms with Crippen molar-refractivity contribution < 1.29 is 9.26 Å². The van der Waals surface area contributed by atoms with Crippen molar-refractivity contribution in [2.75, 3.05) is 7.11 Å². The first-order valence-corrected chi connectivity index (χ1v) is 6.71. The van der Waals surface area contributed by atoms with E-state index in [1.54, 1.807) is 13.3 Å². The van der Waals surface area contributed by atoms with Crippen LogP contribution in [0, 0.1) is 0 Å². The van der Waals surface area contributed by atoms with Gasteiger partial charge in [0.15, 0.2) is 5.82 Å². The first-order valence-electron chi connectivity index (χ1n) is 6.71. The largest absolute Gasteiger partial charge is 0.481 e. The van der Waals surface area contributed by atoms with Crippen LogP contribution in [0.5, 0.6) is 5.88 Å². The van der Waals surface area contributed by atoms with Crippen molar-refractivity contribution >= 4 is 0 Å². The summed E-state index contributed by atoms with van der Waals surface area (Å²) in [6, 6.07) is 3.78. The van der Waals surface area contributed by atoms with Gasteiger partial charge in [0.2, 0.25) is 11.8 Å². The van der Waals surface area contributed by atoms with Crippen LogP contribution in [0.25, 0.3) is 0 Å². The number of hydrogen-bond donors (Lipinski definition) is 1. The smallest absolute Gasteiger partial charge is 0.231 e. The van der Waals surface area contributed by atoms with E-state index in [1.807, 2.05) is 26.0 Å². The third kappa shape index (κ3) is 3.33. The fraction of sp³-hybridized carbons (Fsp3) is 0.500. The third-order valence-electron chi connectivity index (χ3n) is 3.36. The maximum Gasteiger partial charge on any atom is 0.231 e. The molecule has 0 fully saturated rings. The van der Waals surface area contributed by atoms with Crippen LogP contribution >= 0.6 is 0 Å². The quantitative estimate of drug-likeness (QED) is 0.867. The Morgan fingerprint density at radius 2 is 2.20 bits per heavy atom. The number of nitrogens with two attached hydrogens (primary N) is 1. The number of pyridine rings is 1. The van der Waals surface area contributed by atoms with Crippen LogP contribution in [0.1, 0.15) is 43.5 Å². The second-order valence-electron chi connectivity index (χ2n) is 4.80. The average Bonchev–Trinajstić information content (AvgIpc) is 2.95. The fourth-order valence-corrected chi connectivity index (χ4v) is 1.88. The molecule has 2 heterocycles. The predicted molar refractivity (Wildman–Crippen MR) is 74.6 cm³/mol. The Bertz CT molecular complexity index is 538. The Balaban J connectivity index is 2.05. The van der Waals surface area contributed by atoms with E-state index in [4.69, 9.17) is 15.0 Å². The molecular weight excluding hydrogens is 256 g/mol. The molecule has 0 aliphatic rings. The van der Waals surface area contributed by atoms with E-state index in [1.165, 1.54) is 0 Å². The SMILES string of the molecule is CCC(N)C(C)c1nc(Cc2ccc(OC)nc2)no1. The van der Waals surface area contributed by atoms with Crippen molar-refractivity contribution in [3.8, 4) is 5.88 Å². The molecule has 2 unspecified atom stereocenters. The van der Waals surface area contributed by atoms with Crippen LogP contribution in [0.15, 0.2) is 22.9 Å². The van der Waals surface area contributed by atoms with E-state index in [0.717, 1.165) is 12.0 Å². The maximum absolute atomic E-state index is 5.99. The number of hydrogen-bond acceptors (Lipinski definition) is 6. The van der Waals surface area contributed by atoms with Crippen LogP contribution < -0.4 is 10.5 Å². The first kappa shape index (κ1) is 14.5. The lowest BCUT2D eigenvalue weighted by molar-refractivity contribution is 0.337. The van der Waals surface area contributed by atoms with Crippen LogP contribution in [-0.4, -0.2) is 28.3 Å². The monoisotopic (exact) mass is 276 g/mol. The highest BCUT2D eigenvalue weighted by atomic mass is 16.5. The van der Waals surface area contributed by atoms with Crippen LogP contribution in [0.4, 0.5) is 0 Å². The molecule has 108 valence electrons. The van der Waals surface area contributed by atoms with Crippen LogP contribution in [0.2, 0.25) is 0 Å². The van der Waals surface area contributed by atoms with Gasteiger partial charge in [0, 0.05) is 24.7 Å². The molecular formula is C14H20N4O2. The Hall–Kier alpha value is -1.95.